The van der Waals surface area contributed by atoms with Crippen LogP contribution in [0.4, 0.5) is 0 Å². The highest BCUT2D eigenvalue weighted by Gasteiger charge is 2.25. The van der Waals surface area contributed by atoms with Gasteiger partial charge in [0.25, 0.3) is 0 Å². The molecule has 114 valence electrons. The zero-order valence-electron chi connectivity index (χ0n) is 13.1. The molecule has 0 bridgehead atoms. The maximum absolute atomic E-state index is 2.81. The van der Waals surface area contributed by atoms with Crippen molar-refractivity contribution >= 4 is 0 Å². The van der Waals surface area contributed by atoms with E-state index in [-0.39, 0.29) is 0 Å². The van der Waals surface area contributed by atoms with Crippen molar-refractivity contribution in [2.24, 2.45) is 5.92 Å². The van der Waals surface area contributed by atoms with E-state index < -0.39 is 0 Å². The molecule has 1 aliphatic heterocycles. The van der Waals surface area contributed by atoms with Crippen LogP contribution in [0.25, 0.3) is 0 Å². The molecule has 20 heavy (non-hydrogen) atoms. The first-order chi connectivity index (χ1) is 9.92. The molecule has 1 saturated heterocycles. The summed E-state index contributed by atoms with van der Waals surface area (Å²) in [4.78, 5) is 5.54. The largest absolute Gasteiger partial charge is 0.301 e. The first-order valence-corrected chi connectivity index (χ1v) is 9.03. The van der Waals surface area contributed by atoms with Crippen LogP contribution >= 0.6 is 0 Å². The van der Waals surface area contributed by atoms with Crippen LogP contribution < -0.4 is 0 Å². The van der Waals surface area contributed by atoms with E-state index in [1.165, 1.54) is 90.5 Å². The standard InChI is InChI=1S/C18H32N2/c1-2-7-11-18(10-6-1)20-14-12-19(13-15-20)16-17-8-4-3-5-9-17/h3-4,17-18H,1-2,5-16H2/t17-/m1/s1. The summed E-state index contributed by atoms with van der Waals surface area (Å²) >= 11 is 0. The third-order valence-corrected chi connectivity index (χ3v) is 5.64. The number of hydrogen-bond donors (Lipinski definition) is 0. The van der Waals surface area contributed by atoms with Crippen LogP contribution in [0.1, 0.15) is 57.8 Å². The second kappa shape index (κ2) is 7.61. The maximum Gasteiger partial charge on any atom is 0.0113 e. The summed E-state index contributed by atoms with van der Waals surface area (Å²) in [6, 6.07) is 0.914. The van der Waals surface area contributed by atoms with Crippen LogP contribution in [0, 0.1) is 5.92 Å². The van der Waals surface area contributed by atoms with Crippen molar-refractivity contribution < 1.29 is 0 Å². The second-order valence-electron chi connectivity index (χ2n) is 7.13. The van der Waals surface area contributed by atoms with E-state index in [1.807, 2.05) is 0 Å². The predicted molar refractivity (Wildman–Crippen MR) is 86.0 cm³/mol. The Hall–Kier alpha value is -0.340. The Balaban J connectivity index is 1.40. The summed E-state index contributed by atoms with van der Waals surface area (Å²) in [6.45, 7) is 6.64. The van der Waals surface area contributed by atoms with E-state index in [1.54, 1.807) is 0 Å². The average Bonchev–Trinajstić information content (AvgIpc) is 2.78. The quantitative estimate of drug-likeness (QED) is 0.573. The van der Waals surface area contributed by atoms with E-state index in [9.17, 15) is 0 Å². The summed E-state index contributed by atoms with van der Waals surface area (Å²) in [5, 5.41) is 0. The van der Waals surface area contributed by atoms with Gasteiger partial charge in [0.1, 0.15) is 0 Å². The number of rotatable bonds is 3. The number of nitrogens with zero attached hydrogens (tertiary/aromatic N) is 2. The minimum Gasteiger partial charge on any atom is -0.301 e. The Labute approximate surface area is 125 Å². The van der Waals surface area contributed by atoms with Gasteiger partial charge in [-0.25, -0.2) is 0 Å². The fourth-order valence-corrected chi connectivity index (χ4v) is 4.32. The SMILES string of the molecule is C1=CC[C@@H](CN2CCN(C3CCCCCC3)CC2)CC1. The van der Waals surface area contributed by atoms with Gasteiger partial charge in [-0.1, -0.05) is 37.8 Å². The summed E-state index contributed by atoms with van der Waals surface area (Å²) < 4.78 is 0. The van der Waals surface area contributed by atoms with Gasteiger partial charge < -0.3 is 4.90 Å². The van der Waals surface area contributed by atoms with Gasteiger partial charge in [0.15, 0.2) is 0 Å². The molecule has 0 spiro atoms. The molecule has 3 rings (SSSR count). The summed E-state index contributed by atoms with van der Waals surface area (Å²) in [7, 11) is 0. The molecular weight excluding hydrogens is 244 g/mol. The van der Waals surface area contributed by atoms with Gasteiger partial charge in [-0.2, -0.15) is 0 Å². The summed E-state index contributed by atoms with van der Waals surface area (Å²) in [5.41, 5.74) is 0. The molecule has 3 aliphatic rings. The van der Waals surface area contributed by atoms with E-state index in [0.29, 0.717) is 0 Å². The van der Waals surface area contributed by atoms with Gasteiger partial charge in [0, 0.05) is 38.8 Å². The van der Waals surface area contributed by atoms with Crippen molar-refractivity contribution in [1.29, 1.82) is 0 Å². The minimum atomic E-state index is 0.914. The molecule has 0 amide bonds. The molecular formula is C18H32N2. The fraction of sp³-hybridized carbons (Fsp3) is 0.889. The fourth-order valence-electron chi connectivity index (χ4n) is 4.32. The van der Waals surface area contributed by atoms with Crippen LogP contribution in [-0.4, -0.2) is 48.6 Å². The molecule has 0 radical (unpaired) electrons. The van der Waals surface area contributed by atoms with Crippen LogP contribution in [0.5, 0.6) is 0 Å². The van der Waals surface area contributed by atoms with E-state index in [4.69, 9.17) is 0 Å². The molecule has 0 aromatic rings. The Kier molecular flexibility index (Phi) is 5.55. The molecule has 1 heterocycles. The van der Waals surface area contributed by atoms with Crippen molar-refractivity contribution in [3.05, 3.63) is 12.2 Å². The van der Waals surface area contributed by atoms with Crippen molar-refractivity contribution in [1.82, 2.24) is 9.80 Å². The minimum absolute atomic E-state index is 0.914. The topological polar surface area (TPSA) is 6.48 Å². The molecule has 0 aromatic heterocycles. The molecule has 2 nitrogen and oxygen atoms in total. The van der Waals surface area contributed by atoms with Crippen LogP contribution in [0.15, 0.2) is 12.2 Å². The average molecular weight is 276 g/mol. The van der Waals surface area contributed by atoms with Crippen molar-refractivity contribution in [2.75, 3.05) is 32.7 Å². The molecule has 2 fully saturated rings. The Morgan fingerprint density at radius 3 is 2.20 bits per heavy atom. The van der Waals surface area contributed by atoms with Crippen molar-refractivity contribution in [3.8, 4) is 0 Å². The van der Waals surface area contributed by atoms with Crippen LogP contribution in [0.2, 0.25) is 0 Å². The van der Waals surface area contributed by atoms with Crippen LogP contribution in [-0.2, 0) is 0 Å². The van der Waals surface area contributed by atoms with Gasteiger partial charge in [0.05, 0.1) is 0 Å². The number of piperazine rings is 1. The van der Waals surface area contributed by atoms with Crippen molar-refractivity contribution in [2.45, 2.75) is 63.8 Å². The zero-order valence-corrected chi connectivity index (χ0v) is 13.1. The molecule has 0 unspecified atom stereocenters. The Morgan fingerprint density at radius 2 is 1.55 bits per heavy atom. The Bertz CT molecular complexity index is 297. The highest BCUT2D eigenvalue weighted by atomic mass is 15.3. The first kappa shape index (κ1) is 14.6. The lowest BCUT2D eigenvalue weighted by Crippen LogP contribution is -2.51. The highest BCUT2D eigenvalue weighted by Crippen LogP contribution is 2.24. The number of hydrogen-bond acceptors (Lipinski definition) is 2. The molecule has 0 aromatic carbocycles. The predicted octanol–water partition coefficient (Wildman–Crippen LogP) is 3.68. The third kappa shape index (κ3) is 4.08. The Morgan fingerprint density at radius 1 is 0.800 bits per heavy atom. The third-order valence-electron chi connectivity index (χ3n) is 5.64. The first-order valence-electron chi connectivity index (χ1n) is 9.03. The second-order valence-corrected chi connectivity index (χ2v) is 7.13. The van der Waals surface area contributed by atoms with Gasteiger partial charge >= 0.3 is 0 Å². The molecule has 2 heteroatoms. The molecule has 2 aliphatic carbocycles. The smallest absolute Gasteiger partial charge is 0.0113 e. The zero-order chi connectivity index (χ0) is 13.6. The number of allylic oxidation sites excluding steroid dienone is 2. The van der Waals surface area contributed by atoms with E-state index in [0.717, 1.165) is 12.0 Å². The lowest BCUT2D eigenvalue weighted by Gasteiger charge is -2.40. The maximum atomic E-state index is 2.81. The normalized spacial score (nSPS) is 31.3. The summed E-state index contributed by atoms with van der Waals surface area (Å²) in [5.74, 6) is 0.935. The van der Waals surface area contributed by atoms with Gasteiger partial charge in [-0.3, -0.25) is 4.90 Å². The van der Waals surface area contributed by atoms with Gasteiger partial charge in [-0.05, 0) is 38.0 Å². The lowest BCUT2D eigenvalue weighted by molar-refractivity contribution is 0.0787. The summed E-state index contributed by atoms with van der Waals surface area (Å²) in [6.07, 6.45) is 17.6. The van der Waals surface area contributed by atoms with Crippen molar-refractivity contribution in [3.63, 3.8) is 0 Å². The van der Waals surface area contributed by atoms with Crippen LogP contribution in [0.3, 0.4) is 0 Å². The van der Waals surface area contributed by atoms with Gasteiger partial charge in [-0.15, -0.1) is 0 Å². The van der Waals surface area contributed by atoms with E-state index >= 15 is 0 Å². The van der Waals surface area contributed by atoms with Gasteiger partial charge in [0.2, 0.25) is 0 Å². The monoisotopic (exact) mass is 276 g/mol. The highest BCUT2D eigenvalue weighted by molar-refractivity contribution is 4.91. The lowest BCUT2D eigenvalue weighted by atomic mass is 9.93. The molecule has 1 atom stereocenters. The van der Waals surface area contributed by atoms with E-state index in [2.05, 4.69) is 22.0 Å². The molecule has 0 N–H and O–H groups in total. The molecule has 1 saturated carbocycles.